The Bertz CT molecular complexity index is 900. The first-order valence-corrected chi connectivity index (χ1v) is 6.83. The molecule has 0 spiro atoms. The molecule has 0 amide bonds. The third-order valence-corrected chi connectivity index (χ3v) is 3.93. The Labute approximate surface area is 122 Å². The van der Waals surface area contributed by atoms with Gasteiger partial charge in [-0.15, -0.1) is 0 Å². The van der Waals surface area contributed by atoms with Gasteiger partial charge in [0.05, 0.1) is 5.57 Å². The van der Waals surface area contributed by atoms with Crippen molar-refractivity contribution in [2.24, 2.45) is 0 Å². The second kappa shape index (κ2) is 4.32. The van der Waals surface area contributed by atoms with Gasteiger partial charge in [0, 0.05) is 16.5 Å². The second-order valence-electron chi connectivity index (χ2n) is 5.13. The molecule has 3 aromatic rings. The molecule has 1 aliphatic rings. The van der Waals surface area contributed by atoms with Crippen LogP contribution in [0.5, 0.6) is 0 Å². The van der Waals surface area contributed by atoms with Crippen LogP contribution in [0.25, 0.3) is 22.1 Å². The zero-order valence-electron chi connectivity index (χ0n) is 11.2. The first kappa shape index (κ1) is 11.9. The fraction of sp³-hybridized carbons (Fsp3) is 0. The third kappa shape index (κ3) is 1.62. The molecule has 100 valence electrons. The summed E-state index contributed by atoms with van der Waals surface area (Å²) < 4.78 is 0. The van der Waals surface area contributed by atoms with E-state index >= 15 is 0 Å². The van der Waals surface area contributed by atoms with Crippen molar-refractivity contribution in [3.63, 3.8) is 0 Å². The van der Waals surface area contributed by atoms with E-state index in [0.29, 0.717) is 11.1 Å². The lowest BCUT2D eigenvalue weighted by molar-refractivity contribution is 0.105. The molecule has 0 aromatic heterocycles. The maximum atomic E-state index is 12.8. The van der Waals surface area contributed by atoms with Gasteiger partial charge in [0.2, 0.25) is 0 Å². The largest absolute Gasteiger partial charge is 0.507 e. The molecule has 0 saturated carbocycles. The molecular weight excluding hydrogens is 260 g/mol. The minimum atomic E-state index is -0.122. The van der Waals surface area contributed by atoms with Crippen LogP contribution in [-0.2, 0) is 0 Å². The number of benzene rings is 3. The van der Waals surface area contributed by atoms with Gasteiger partial charge in [-0.2, -0.15) is 0 Å². The molecule has 0 bridgehead atoms. The van der Waals surface area contributed by atoms with Gasteiger partial charge in [-0.05, 0) is 10.9 Å². The predicted octanol–water partition coefficient (Wildman–Crippen LogP) is 4.46. The van der Waals surface area contributed by atoms with E-state index in [-0.39, 0.29) is 11.5 Å². The SMILES string of the molecule is O=C1C(c2ccccc2)=C(O)c2cccc3cccc1c23. The van der Waals surface area contributed by atoms with Crippen LogP contribution in [0.2, 0.25) is 0 Å². The number of hydrogen-bond donors (Lipinski definition) is 1. The molecule has 0 radical (unpaired) electrons. The van der Waals surface area contributed by atoms with E-state index in [1.54, 1.807) is 0 Å². The molecule has 0 aliphatic heterocycles. The zero-order chi connectivity index (χ0) is 14.4. The number of aliphatic hydroxyl groups is 1. The van der Waals surface area contributed by atoms with E-state index in [1.807, 2.05) is 66.7 Å². The molecule has 1 aliphatic carbocycles. The van der Waals surface area contributed by atoms with E-state index in [4.69, 9.17) is 0 Å². The quantitative estimate of drug-likeness (QED) is 0.710. The molecule has 3 aromatic carbocycles. The number of carbonyl (C=O) groups excluding carboxylic acids is 1. The van der Waals surface area contributed by atoms with E-state index < -0.39 is 0 Å². The van der Waals surface area contributed by atoms with Gasteiger partial charge in [0.15, 0.2) is 5.78 Å². The van der Waals surface area contributed by atoms with Crippen molar-refractivity contribution in [1.82, 2.24) is 0 Å². The molecule has 2 heteroatoms. The number of rotatable bonds is 1. The molecule has 0 saturated heterocycles. The number of hydrogen-bond acceptors (Lipinski definition) is 2. The van der Waals surface area contributed by atoms with Crippen LogP contribution in [0.15, 0.2) is 66.7 Å². The maximum Gasteiger partial charge on any atom is 0.198 e. The van der Waals surface area contributed by atoms with Crippen LogP contribution in [-0.4, -0.2) is 10.9 Å². The standard InChI is InChI=1S/C19H12O2/c20-18-14-10-4-8-12-9-5-11-15(16(12)14)19(21)17(18)13-6-2-1-3-7-13/h1-11,20H. The van der Waals surface area contributed by atoms with Gasteiger partial charge >= 0.3 is 0 Å². The lowest BCUT2D eigenvalue weighted by atomic mass is 9.84. The van der Waals surface area contributed by atoms with Gasteiger partial charge in [0.1, 0.15) is 5.76 Å². The first-order valence-electron chi connectivity index (χ1n) is 6.83. The summed E-state index contributed by atoms with van der Waals surface area (Å²) in [5, 5.41) is 12.4. The van der Waals surface area contributed by atoms with Crippen molar-refractivity contribution in [2.45, 2.75) is 0 Å². The highest BCUT2D eigenvalue weighted by Gasteiger charge is 2.28. The molecule has 2 nitrogen and oxygen atoms in total. The number of carbonyl (C=O) groups is 1. The summed E-state index contributed by atoms with van der Waals surface area (Å²) in [5.41, 5.74) is 2.50. The van der Waals surface area contributed by atoms with Gasteiger partial charge < -0.3 is 5.11 Å². The van der Waals surface area contributed by atoms with Crippen LogP contribution in [0.3, 0.4) is 0 Å². The first-order chi connectivity index (χ1) is 10.3. The summed E-state index contributed by atoms with van der Waals surface area (Å²) >= 11 is 0. The number of allylic oxidation sites excluding steroid dienone is 1. The Hall–Kier alpha value is -2.87. The molecule has 0 heterocycles. The Kier molecular flexibility index (Phi) is 2.45. The summed E-state index contributed by atoms with van der Waals surface area (Å²) in [6, 6.07) is 20.7. The fourth-order valence-corrected chi connectivity index (χ4v) is 2.98. The topological polar surface area (TPSA) is 37.3 Å². The van der Waals surface area contributed by atoms with Crippen LogP contribution in [0.1, 0.15) is 21.5 Å². The Morgan fingerprint density at radius 3 is 2.10 bits per heavy atom. The van der Waals surface area contributed by atoms with Gasteiger partial charge in [-0.25, -0.2) is 0 Å². The van der Waals surface area contributed by atoms with E-state index in [0.717, 1.165) is 21.9 Å². The summed E-state index contributed by atoms with van der Waals surface area (Å²) in [7, 11) is 0. The van der Waals surface area contributed by atoms with E-state index in [2.05, 4.69) is 0 Å². The van der Waals surface area contributed by atoms with Crippen LogP contribution in [0, 0.1) is 0 Å². The maximum absolute atomic E-state index is 12.8. The number of Topliss-reactive ketones (excluding diaryl/α,β-unsaturated/α-hetero) is 1. The number of aliphatic hydroxyl groups excluding tert-OH is 1. The van der Waals surface area contributed by atoms with Crippen molar-refractivity contribution in [3.8, 4) is 0 Å². The normalized spacial score (nSPS) is 13.8. The lowest BCUT2D eigenvalue weighted by Gasteiger charge is -2.19. The molecule has 0 atom stereocenters. The molecule has 4 rings (SSSR count). The monoisotopic (exact) mass is 272 g/mol. The van der Waals surface area contributed by atoms with Gasteiger partial charge in [-0.1, -0.05) is 66.7 Å². The lowest BCUT2D eigenvalue weighted by Crippen LogP contribution is -2.12. The minimum absolute atomic E-state index is 0.0653. The second-order valence-corrected chi connectivity index (χ2v) is 5.13. The molecule has 21 heavy (non-hydrogen) atoms. The van der Waals surface area contributed by atoms with Crippen molar-refractivity contribution in [3.05, 3.63) is 83.4 Å². The summed E-state index contributed by atoms with van der Waals surface area (Å²) in [4.78, 5) is 12.8. The Morgan fingerprint density at radius 1 is 0.714 bits per heavy atom. The minimum Gasteiger partial charge on any atom is -0.507 e. The average molecular weight is 272 g/mol. The zero-order valence-corrected chi connectivity index (χ0v) is 11.2. The van der Waals surface area contributed by atoms with Crippen LogP contribution >= 0.6 is 0 Å². The van der Waals surface area contributed by atoms with E-state index in [1.165, 1.54) is 0 Å². The highest BCUT2D eigenvalue weighted by atomic mass is 16.3. The van der Waals surface area contributed by atoms with Crippen molar-refractivity contribution >= 4 is 27.9 Å². The molecule has 1 N–H and O–H groups in total. The summed E-state index contributed by atoms with van der Waals surface area (Å²) in [6.07, 6.45) is 0. The van der Waals surface area contributed by atoms with Crippen LogP contribution < -0.4 is 0 Å². The highest BCUT2D eigenvalue weighted by molar-refractivity contribution is 6.39. The van der Waals surface area contributed by atoms with Gasteiger partial charge in [0.25, 0.3) is 0 Å². The highest BCUT2D eigenvalue weighted by Crippen LogP contribution is 2.38. The van der Waals surface area contributed by atoms with Crippen molar-refractivity contribution in [2.75, 3.05) is 0 Å². The van der Waals surface area contributed by atoms with Gasteiger partial charge in [-0.3, -0.25) is 4.79 Å². The van der Waals surface area contributed by atoms with Crippen molar-refractivity contribution in [1.29, 1.82) is 0 Å². The Balaban J connectivity index is 2.11. The Morgan fingerprint density at radius 2 is 1.38 bits per heavy atom. The van der Waals surface area contributed by atoms with Crippen LogP contribution in [0.4, 0.5) is 0 Å². The summed E-state index contributed by atoms with van der Waals surface area (Å²) in [5.74, 6) is -0.0569. The van der Waals surface area contributed by atoms with E-state index in [9.17, 15) is 9.90 Å². The van der Waals surface area contributed by atoms with Crippen molar-refractivity contribution < 1.29 is 9.90 Å². The number of ketones is 1. The molecule has 0 fully saturated rings. The fourth-order valence-electron chi connectivity index (χ4n) is 2.98. The smallest absolute Gasteiger partial charge is 0.198 e. The third-order valence-electron chi connectivity index (χ3n) is 3.93. The summed E-state index contributed by atoms with van der Waals surface area (Å²) in [6.45, 7) is 0. The average Bonchev–Trinajstić information content (AvgIpc) is 2.54. The predicted molar refractivity (Wildman–Crippen MR) is 84.2 cm³/mol. The molecular formula is C19H12O2. The molecule has 0 unspecified atom stereocenters.